The van der Waals surface area contributed by atoms with Crippen LogP contribution in [0.2, 0.25) is 5.02 Å². The van der Waals surface area contributed by atoms with Gasteiger partial charge < -0.3 is 4.74 Å². The molecule has 0 saturated heterocycles. The van der Waals surface area contributed by atoms with Gasteiger partial charge in [-0.1, -0.05) is 23.8 Å². The highest BCUT2D eigenvalue weighted by Crippen LogP contribution is 2.42. The number of aryl methyl sites for hydroxylation is 1. The summed E-state index contributed by atoms with van der Waals surface area (Å²) in [7, 11) is 0. The number of benzene rings is 1. The zero-order valence-electron chi connectivity index (χ0n) is 19.3. The van der Waals surface area contributed by atoms with Crippen LogP contribution in [0.15, 0.2) is 65.2 Å². The van der Waals surface area contributed by atoms with Gasteiger partial charge in [-0.2, -0.15) is 4.57 Å². The van der Waals surface area contributed by atoms with E-state index in [1.54, 1.807) is 43.0 Å². The smallest absolute Gasteiger partial charge is 0.310 e. The minimum atomic E-state index is -0.339. The number of esters is 1. The Bertz CT molecular complexity index is 1200. The van der Waals surface area contributed by atoms with Crippen LogP contribution in [0.5, 0.6) is 0 Å². The molecule has 176 valence electrons. The van der Waals surface area contributed by atoms with Crippen LogP contribution in [0.25, 0.3) is 5.69 Å². The van der Waals surface area contributed by atoms with Gasteiger partial charge in [0.2, 0.25) is 11.5 Å². The Morgan fingerprint density at radius 3 is 2.56 bits per heavy atom. The highest BCUT2D eigenvalue weighted by atomic mass is 35.5. The molecule has 3 aromatic rings. The lowest BCUT2D eigenvalue weighted by molar-refractivity contribution is -0.598. The van der Waals surface area contributed by atoms with Gasteiger partial charge in [0.25, 0.3) is 0 Å². The van der Waals surface area contributed by atoms with E-state index in [2.05, 4.69) is 12.2 Å². The molecule has 2 aromatic heterocycles. The molecule has 0 amide bonds. The van der Waals surface area contributed by atoms with Gasteiger partial charge in [-0.05, 0) is 62.9 Å². The summed E-state index contributed by atoms with van der Waals surface area (Å²) in [6.45, 7) is 4.12. The normalized spacial score (nSPS) is 15.3. The molecule has 0 saturated carbocycles. The van der Waals surface area contributed by atoms with Crippen molar-refractivity contribution in [2.45, 2.75) is 49.0 Å². The first-order valence-corrected chi connectivity index (χ1v) is 13.5. The SMILES string of the molecule is CCOC(=O)Cc1c(C(=O)c2ccc(Cl)cc2)sc(SC2C=CCCC2)c1-[n+]1ccc(C)cc1. The number of carbonyl (C=O) groups excluding carboxylic acids is 2. The average molecular weight is 513 g/mol. The van der Waals surface area contributed by atoms with Crippen LogP contribution in [0, 0.1) is 6.92 Å². The quantitative estimate of drug-likeness (QED) is 0.149. The molecule has 0 fully saturated rings. The Hall–Kier alpha value is -2.41. The van der Waals surface area contributed by atoms with Crippen molar-refractivity contribution < 1.29 is 18.9 Å². The Balaban J connectivity index is 1.86. The Morgan fingerprint density at radius 1 is 1.18 bits per heavy atom. The van der Waals surface area contributed by atoms with Crippen LogP contribution in [-0.2, 0) is 16.0 Å². The van der Waals surface area contributed by atoms with E-state index in [1.807, 2.05) is 36.0 Å². The molecule has 7 heteroatoms. The van der Waals surface area contributed by atoms with Crippen LogP contribution >= 0.6 is 34.7 Å². The number of carbonyl (C=O) groups is 2. The van der Waals surface area contributed by atoms with E-state index in [0.29, 0.717) is 32.9 Å². The second-order valence-corrected chi connectivity index (χ2v) is 11.1. The Labute approximate surface area is 213 Å². The Morgan fingerprint density at radius 2 is 1.91 bits per heavy atom. The summed E-state index contributed by atoms with van der Waals surface area (Å²) in [4.78, 5) is 26.8. The molecule has 4 nitrogen and oxygen atoms in total. The fraction of sp³-hybridized carbons (Fsp3) is 0.296. The van der Waals surface area contributed by atoms with Crippen molar-refractivity contribution in [1.82, 2.24) is 0 Å². The van der Waals surface area contributed by atoms with Gasteiger partial charge in [0.05, 0.1) is 23.5 Å². The van der Waals surface area contributed by atoms with Gasteiger partial charge >= 0.3 is 5.97 Å². The molecule has 4 rings (SSSR count). The average Bonchev–Trinajstić information content (AvgIpc) is 3.17. The monoisotopic (exact) mass is 512 g/mol. The van der Waals surface area contributed by atoms with Crippen LogP contribution in [0.1, 0.15) is 52.5 Å². The van der Waals surface area contributed by atoms with Crippen LogP contribution < -0.4 is 4.57 Å². The largest absolute Gasteiger partial charge is 0.466 e. The summed E-state index contributed by atoms with van der Waals surface area (Å²) in [5.74, 6) is -0.450. The molecule has 0 bridgehead atoms. The topological polar surface area (TPSA) is 47.3 Å². The van der Waals surface area contributed by atoms with E-state index >= 15 is 0 Å². The highest BCUT2D eigenvalue weighted by molar-refractivity contribution is 8.02. The zero-order valence-corrected chi connectivity index (χ0v) is 21.6. The number of ether oxygens (including phenoxy) is 1. The third kappa shape index (κ3) is 5.80. The van der Waals surface area contributed by atoms with E-state index in [4.69, 9.17) is 16.3 Å². The minimum Gasteiger partial charge on any atom is -0.466 e. The number of hydrogen-bond donors (Lipinski definition) is 0. The van der Waals surface area contributed by atoms with E-state index < -0.39 is 0 Å². The van der Waals surface area contributed by atoms with Gasteiger partial charge in [0.15, 0.2) is 12.4 Å². The minimum absolute atomic E-state index is 0.0380. The van der Waals surface area contributed by atoms with Crippen molar-refractivity contribution >= 4 is 46.5 Å². The van der Waals surface area contributed by atoms with Crippen molar-refractivity contribution in [1.29, 1.82) is 0 Å². The maximum Gasteiger partial charge on any atom is 0.310 e. The summed E-state index contributed by atoms with van der Waals surface area (Å²) in [6.07, 6.45) is 11.8. The number of halogens is 1. The second kappa shape index (κ2) is 11.3. The first kappa shape index (κ1) is 24.7. The molecule has 0 aliphatic heterocycles. The third-order valence-electron chi connectivity index (χ3n) is 5.61. The summed E-state index contributed by atoms with van der Waals surface area (Å²) in [6, 6.07) is 10.9. The molecule has 1 unspecified atom stereocenters. The van der Waals surface area contributed by atoms with Gasteiger partial charge in [0.1, 0.15) is 4.21 Å². The van der Waals surface area contributed by atoms with Crippen molar-refractivity contribution in [3.05, 3.63) is 87.5 Å². The van der Waals surface area contributed by atoms with Crippen molar-refractivity contribution in [2.75, 3.05) is 6.61 Å². The van der Waals surface area contributed by atoms with Gasteiger partial charge in [0, 0.05) is 28.0 Å². The lowest BCUT2D eigenvalue weighted by atomic mass is 10.0. The summed E-state index contributed by atoms with van der Waals surface area (Å²) in [5, 5.41) is 0.914. The highest BCUT2D eigenvalue weighted by Gasteiger charge is 2.32. The van der Waals surface area contributed by atoms with E-state index in [1.165, 1.54) is 11.3 Å². The number of rotatable bonds is 8. The first-order valence-electron chi connectivity index (χ1n) is 11.4. The molecule has 0 spiro atoms. The molecule has 0 radical (unpaired) electrons. The number of thioether (sulfide) groups is 1. The van der Waals surface area contributed by atoms with Crippen molar-refractivity contribution in [3.63, 3.8) is 0 Å². The number of hydrogen-bond acceptors (Lipinski definition) is 5. The number of thiophene rings is 1. The molecule has 2 heterocycles. The third-order valence-corrected chi connectivity index (χ3v) is 8.52. The fourth-order valence-corrected chi connectivity index (χ4v) is 6.92. The molecule has 1 atom stereocenters. The number of aromatic nitrogens is 1. The summed E-state index contributed by atoms with van der Waals surface area (Å²) in [5.41, 5.74) is 3.28. The van der Waals surface area contributed by atoms with Crippen LogP contribution in [0.4, 0.5) is 0 Å². The van der Waals surface area contributed by atoms with Crippen molar-refractivity contribution in [2.24, 2.45) is 0 Å². The fourth-order valence-electron chi connectivity index (χ4n) is 3.88. The molecular weight excluding hydrogens is 486 g/mol. The van der Waals surface area contributed by atoms with Gasteiger partial charge in [-0.25, -0.2) is 0 Å². The van der Waals surface area contributed by atoms with Crippen molar-refractivity contribution in [3.8, 4) is 5.69 Å². The maximum atomic E-state index is 13.6. The summed E-state index contributed by atoms with van der Waals surface area (Å²) < 4.78 is 8.33. The molecular formula is C27H27ClNO3S2+. The molecule has 1 aliphatic carbocycles. The van der Waals surface area contributed by atoms with E-state index in [9.17, 15) is 9.59 Å². The maximum absolute atomic E-state index is 13.6. The van der Waals surface area contributed by atoms with Gasteiger partial charge in [-0.15, -0.1) is 23.1 Å². The lowest BCUT2D eigenvalue weighted by Gasteiger charge is -2.14. The molecule has 1 aliphatic rings. The Kier molecular flexibility index (Phi) is 8.24. The standard InChI is InChI=1S/C27H27ClNO3S2/c1-3-32-23(30)17-22-24(29-15-13-18(2)14-16-29)27(33-21-7-5-4-6-8-21)34-26(22)25(31)19-9-11-20(28)12-10-19/h5,7,9-16,21H,3-4,6,8,17H2,1-2H3/q+1. The summed E-state index contributed by atoms with van der Waals surface area (Å²) >= 11 is 9.27. The second-order valence-electron chi connectivity index (χ2n) is 8.16. The number of ketones is 1. The first-order chi connectivity index (χ1) is 16.5. The van der Waals surface area contributed by atoms with Crippen LogP contribution in [-0.4, -0.2) is 23.6 Å². The lowest BCUT2D eigenvalue weighted by Crippen LogP contribution is -2.32. The number of nitrogens with zero attached hydrogens (tertiary/aromatic N) is 1. The van der Waals surface area contributed by atoms with E-state index in [0.717, 1.165) is 34.7 Å². The molecule has 1 aromatic carbocycles. The van der Waals surface area contributed by atoms with Crippen LogP contribution in [0.3, 0.4) is 0 Å². The predicted molar refractivity (Wildman–Crippen MR) is 138 cm³/mol. The molecule has 34 heavy (non-hydrogen) atoms. The number of pyridine rings is 1. The van der Waals surface area contributed by atoms with E-state index in [-0.39, 0.29) is 18.2 Å². The predicted octanol–water partition coefficient (Wildman–Crippen LogP) is 6.52. The van der Waals surface area contributed by atoms with Gasteiger partial charge in [-0.3, -0.25) is 9.59 Å². The number of allylic oxidation sites excluding steroid dienone is 1. The molecule has 0 N–H and O–H groups in total. The zero-order chi connectivity index (χ0) is 24.1.